The van der Waals surface area contributed by atoms with Gasteiger partial charge in [0.05, 0.1) is 36.5 Å². The molecular formula is C22H25FN4O3. The molecule has 4 N–H and O–H groups in total. The monoisotopic (exact) mass is 412 g/mol. The first-order chi connectivity index (χ1) is 14.5. The van der Waals surface area contributed by atoms with Crippen molar-refractivity contribution >= 4 is 22.5 Å². The minimum atomic E-state index is -0.553. The normalized spacial score (nSPS) is 12.0. The molecule has 0 bridgehead atoms. The van der Waals surface area contributed by atoms with Crippen LogP contribution in [-0.2, 0) is 11.3 Å². The van der Waals surface area contributed by atoms with Gasteiger partial charge >= 0.3 is 0 Å². The first kappa shape index (κ1) is 21.5. The van der Waals surface area contributed by atoms with Crippen LogP contribution >= 0.6 is 0 Å². The second-order valence-electron chi connectivity index (χ2n) is 6.81. The third kappa shape index (κ3) is 4.34. The Bertz CT molecular complexity index is 1060. The molecule has 7 nitrogen and oxygen atoms in total. The average molecular weight is 412 g/mol. The van der Waals surface area contributed by atoms with Crippen molar-refractivity contribution in [2.75, 3.05) is 33.1 Å². The molecule has 8 heteroatoms. The maximum atomic E-state index is 14.3. The van der Waals surface area contributed by atoms with Crippen molar-refractivity contribution in [3.05, 3.63) is 65.1 Å². The van der Waals surface area contributed by atoms with Gasteiger partial charge in [-0.25, -0.2) is 4.39 Å². The topological polar surface area (TPSA) is 98.5 Å². The predicted molar refractivity (Wildman–Crippen MR) is 114 cm³/mol. The molecule has 0 aliphatic carbocycles. The zero-order chi connectivity index (χ0) is 21.7. The molecule has 0 fully saturated rings. The van der Waals surface area contributed by atoms with Gasteiger partial charge in [0.1, 0.15) is 0 Å². The summed E-state index contributed by atoms with van der Waals surface area (Å²) in [5, 5.41) is 7.34. The molecule has 0 saturated heterocycles. The van der Waals surface area contributed by atoms with E-state index in [0.29, 0.717) is 24.2 Å². The number of carbonyl (C=O) groups excluding carboxylic acids is 1. The fraction of sp³-hybridized carbons (Fsp3) is 0.273. The lowest BCUT2D eigenvalue weighted by Crippen LogP contribution is -2.24. The number of nitrogens with one attached hydrogen (secondary N) is 2. The van der Waals surface area contributed by atoms with Crippen molar-refractivity contribution in [3.8, 4) is 5.75 Å². The van der Waals surface area contributed by atoms with Crippen molar-refractivity contribution < 1.29 is 18.7 Å². The van der Waals surface area contributed by atoms with Crippen LogP contribution < -0.4 is 21.1 Å². The number of likely N-dealkylation sites (N-methyl/N-ethyl adjacent to an activating group) is 1. The zero-order valence-corrected chi connectivity index (χ0v) is 17.2. The molecule has 0 unspecified atom stereocenters. The Kier molecular flexibility index (Phi) is 6.81. The molecule has 0 spiro atoms. The largest absolute Gasteiger partial charge is 0.494 e. The number of primary amides is 1. The number of pyridine rings is 1. The number of halogens is 1. The van der Waals surface area contributed by atoms with Crippen LogP contribution in [0.5, 0.6) is 5.75 Å². The highest BCUT2D eigenvalue weighted by atomic mass is 19.1. The molecule has 1 aromatic heterocycles. The van der Waals surface area contributed by atoms with Gasteiger partial charge in [-0.1, -0.05) is 18.2 Å². The quantitative estimate of drug-likeness (QED) is 0.500. The molecule has 1 atom stereocenters. The number of rotatable bonds is 9. The number of nitrogens with zero attached hydrogens (tertiary/aromatic N) is 1. The van der Waals surface area contributed by atoms with Crippen molar-refractivity contribution in [2.24, 2.45) is 5.73 Å². The number of para-hydroxylation sites is 1. The minimum absolute atomic E-state index is 0.183. The summed E-state index contributed by atoms with van der Waals surface area (Å²) in [5.41, 5.74) is 8.65. The number of hydrogen-bond acceptors (Lipinski definition) is 6. The van der Waals surface area contributed by atoms with Crippen LogP contribution in [0, 0.1) is 5.82 Å². The summed E-state index contributed by atoms with van der Waals surface area (Å²) in [5.74, 6) is -0.810. The van der Waals surface area contributed by atoms with Crippen molar-refractivity contribution in [1.29, 1.82) is 0 Å². The minimum Gasteiger partial charge on any atom is -0.494 e. The molecule has 0 saturated carbocycles. The number of benzene rings is 2. The second-order valence-corrected chi connectivity index (χ2v) is 6.81. The van der Waals surface area contributed by atoms with E-state index in [4.69, 9.17) is 15.2 Å². The first-order valence-electron chi connectivity index (χ1n) is 9.44. The number of amides is 1. The first-order valence-corrected chi connectivity index (χ1v) is 9.44. The number of carbonyl (C=O) groups is 1. The van der Waals surface area contributed by atoms with Crippen LogP contribution in [0.4, 0.5) is 10.1 Å². The average Bonchev–Trinajstić information content (AvgIpc) is 2.74. The highest BCUT2D eigenvalue weighted by Gasteiger charge is 2.19. The van der Waals surface area contributed by atoms with Crippen LogP contribution in [-0.4, -0.2) is 38.7 Å². The van der Waals surface area contributed by atoms with Gasteiger partial charge in [0, 0.05) is 30.8 Å². The highest BCUT2D eigenvalue weighted by molar-refractivity contribution is 6.08. The maximum Gasteiger partial charge on any atom is 0.250 e. The molecule has 2 aromatic carbocycles. The van der Waals surface area contributed by atoms with E-state index in [2.05, 4.69) is 15.6 Å². The summed E-state index contributed by atoms with van der Waals surface area (Å²) in [4.78, 5) is 16.3. The lowest BCUT2D eigenvalue weighted by molar-refractivity contribution is 0.100. The third-order valence-corrected chi connectivity index (χ3v) is 4.85. The Morgan fingerprint density at radius 3 is 2.70 bits per heavy atom. The molecule has 1 amide bonds. The van der Waals surface area contributed by atoms with E-state index in [1.807, 2.05) is 19.2 Å². The number of fused-ring (bicyclic) bond motifs is 1. The van der Waals surface area contributed by atoms with Crippen LogP contribution in [0.1, 0.15) is 27.5 Å². The number of anilines is 1. The smallest absolute Gasteiger partial charge is 0.250 e. The molecule has 0 aliphatic rings. The van der Waals surface area contributed by atoms with E-state index < -0.39 is 11.7 Å². The van der Waals surface area contributed by atoms with Gasteiger partial charge in [0.15, 0.2) is 11.6 Å². The molecule has 0 radical (unpaired) electrons. The summed E-state index contributed by atoms with van der Waals surface area (Å²) >= 11 is 0. The van der Waals surface area contributed by atoms with Crippen molar-refractivity contribution in [3.63, 3.8) is 0 Å². The van der Waals surface area contributed by atoms with Crippen molar-refractivity contribution in [1.82, 2.24) is 10.3 Å². The zero-order valence-electron chi connectivity index (χ0n) is 17.2. The second kappa shape index (κ2) is 9.51. The Balaban J connectivity index is 2.12. The van der Waals surface area contributed by atoms with E-state index in [9.17, 15) is 9.18 Å². The summed E-state index contributed by atoms with van der Waals surface area (Å²) in [6.07, 6.45) is 1.66. The number of ether oxygens (including phenoxy) is 2. The lowest BCUT2D eigenvalue weighted by Gasteiger charge is -2.24. The Hall–Kier alpha value is -3.23. The molecule has 0 aliphatic heterocycles. The fourth-order valence-electron chi connectivity index (χ4n) is 3.43. The Morgan fingerprint density at radius 2 is 2.07 bits per heavy atom. The van der Waals surface area contributed by atoms with E-state index in [0.717, 1.165) is 22.2 Å². The van der Waals surface area contributed by atoms with E-state index in [1.165, 1.54) is 13.2 Å². The van der Waals surface area contributed by atoms with Crippen LogP contribution in [0.15, 0.2) is 42.6 Å². The van der Waals surface area contributed by atoms with Crippen LogP contribution in [0.3, 0.4) is 0 Å². The molecule has 1 heterocycles. The van der Waals surface area contributed by atoms with Crippen LogP contribution in [0.25, 0.3) is 10.9 Å². The summed E-state index contributed by atoms with van der Waals surface area (Å²) in [6.45, 7) is 0.840. The van der Waals surface area contributed by atoms with Gasteiger partial charge in [-0.15, -0.1) is 0 Å². The van der Waals surface area contributed by atoms with E-state index in [1.54, 1.807) is 31.5 Å². The van der Waals surface area contributed by atoms with Gasteiger partial charge in [-0.2, -0.15) is 0 Å². The Morgan fingerprint density at radius 1 is 1.27 bits per heavy atom. The van der Waals surface area contributed by atoms with Gasteiger partial charge in [-0.05, 0) is 30.8 Å². The van der Waals surface area contributed by atoms with Crippen molar-refractivity contribution in [2.45, 2.75) is 12.6 Å². The number of nitrogens with two attached hydrogens (primary N) is 1. The molecule has 3 rings (SSSR count). The van der Waals surface area contributed by atoms with Gasteiger partial charge in [-0.3, -0.25) is 9.78 Å². The van der Waals surface area contributed by atoms with E-state index in [-0.39, 0.29) is 11.8 Å². The molecule has 3 aromatic rings. The number of methoxy groups -OCH3 is 2. The number of aromatic nitrogens is 1. The SMILES string of the molecule is CNC[C@@H](Nc1c(COC)cnc2c(C(N)=O)cccc12)c1ccc(OC)c(F)c1. The standard InChI is InChI=1S/C22H25FN4O3/c1-25-11-18(13-7-8-19(30-3)17(23)9-13)27-20-14(12-29-2)10-26-21-15(20)5-4-6-16(21)22(24)28/h4-10,18,25H,11-12H2,1-3H3,(H2,24,28)(H,26,27)/t18-/m1/s1. The predicted octanol–water partition coefficient (Wildman–Crippen LogP) is 3.00. The maximum absolute atomic E-state index is 14.3. The van der Waals surface area contributed by atoms with E-state index >= 15 is 0 Å². The molecular weight excluding hydrogens is 387 g/mol. The van der Waals surface area contributed by atoms with Gasteiger partial charge in [0.25, 0.3) is 5.91 Å². The third-order valence-electron chi connectivity index (χ3n) is 4.85. The molecule has 30 heavy (non-hydrogen) atoms. The summed E-state index contributed by atoms with van der Waals surface area (Å²) < 4.78 is 24.7. The molecule has 158 valence electrons. The summed E-state index contributed by atoms with van der Waals surface area (Å²) in [6, 6.07) is 9.84. The van der Waals surface area contributed by atoms with Gasteiger partial charge in [0.2, 0.25) is 0 Å². The van der Waals surface area contributed by atoms with Gasteiger partial charge < -0.3 is 25.8 Å². The summed E-state index contributed by atoms with van der Waals surface area (Å²) in [7, 11) is 4.84. The number of hydrogen-bond donors (Lipinski definition) is 3. The van der Waals surface area contributed by atoms with Crippen LogP contribution in [0.2, 0.25) is 0 Å². The lowest BCUT2D eigenvalue weighted by atomic mass is 10.0. The fourth-order valence-corrected chi connectivity index (χ4v) is 3.43. The highest BCUT2D eigenvalue weighted by Crippen LogP contribution is 2.32. The Labute approximate surface area is 174 Å².